The van der Waals surface area contributed by atoms with Crippen molar-refractivity contribution in [1.82, 2.24) is 0 Å². The van der Waals surface area contributed by atoms with Crippen molar-refractivity contribution in [1.29, 1.82) is 0 Å². The van der Waals surface area contributed by atoms with E-state index in [0.717, 1.165) is 0 Å². The van der Waals surface area contributed by atoms with Crippen LogP contribution in [0.15, 0.2) is 4.99 Å². The number of thiol groups is 1. The molecule has 0 rings (SSSR count). The van der Waals surface area contributed by atoms with Gasteiger partial charge in [-0.15, -0.1) is 12.6 Å². The van der Waals surface area contributed by atoms with Crippen LogP contribution in [0.4, 0.5) is 0 Å². The van der Waals surface area contributed by atoms with E-state index < -0.39 is 0 Å². The maximum absolute atomic E-state index is 4.76. The van der Waals surface area contributed by atoms with Crippen molar-refractivity contribution in [2.45, 2.75) is 12.4 Å². The Hall–Kier alpha value is -0.180. The highest BCUT2D eigenvalue weighted by atomic mass is 32.1. The Bertz CT molecular complexity index is 62.7. The number of aliphatic imine (C=N–C) groups is 1. The SMILES string of the molecule is CN=COC(C)S. The lowest BCUT2D eigenvalue weighted by atomic mass is 10.9. The molecule has 1 unspecified atom stereocenters. The number of hydrogen-bond acceptors (Lipinski definition) is 3. The Morgan fingerprint density at radius 2 is 2.43 bits per heavy atom. The third kappa shape index (κ3) is 5.82. The molecule has 0 aliphatic rings. The summed E-state index contributed by atoms with van der Waals surface area (Å²) in [5, 5.41) is 0. The molecular weight excluding hydrogens is 110 g/mol. The van der Waals surface area contributed by atoms with Crippen molar-refractivity contribution < 1.29 is 4.74 Å². The van der Waals surface area contributed by atoms with E-state index in [1.807, 2.05) is 6.92 Å². The summed E-state index contributed by atoms with van der Waals surface area (Å²) < 4.78 is 4.76. The molecule has 0 bridgehead atoms. The van der Waals surface area contributed by atoms with Crippen LogP contribution in [-0.2, 0) is 4.74 Å². The quantitative estimate of drug-likeness (QED) is 0.248. The third-order valence-corrected chi connectivity index (χ3v) is 0.485. The summed E-state index contributed by atoms with van der Waals surface area (Å²) in [5.41, 5.74) is -0.0521. The Morgan fingerprint density at radius 3 is 2.57 bits per heavy atom. The first kappa shape index (κ1) is 6.82. The van der Waals surface area contributed by atoms with Crippen molar-refractivity contribution >= 4 is 19.0 Å². The normalized spacial score (nSPS) is 14.7. The molecule has 0 amide bonds. The van der Waals surface area contributed by atoms with Gasteiger partial charge in [-0.3, -0.25) is 4.99 Å². The summed E-state index contributed by atoms with van der Waals surface area (Å²) in [6.07, 6.45) is 1.37. The second-order valence-corrected chi connectivity index (χ2v) is 1.83. The molecule has 0 spiro atoms. The van der Waals surface area contributed by atoms with Crippen LogP contribution in [0.1, 0.15) is 6.92 Å². The molecule has 7 heavy (non-hydrogen) atoms. The zero-order chi connectivity index (χ0) is 5.70. The fourth-order valence-electron chi connectivity index (χ4n) is 0.149. The van der Waals surface area contributed by atoms with E-state index in [1.165, 1.54) is 6.40 Å². The van der Waals surface area contributed by atoms with Crippen molar-refractivity contribution in [3.05, 3.63) is 0 Å². The zero-order valence-electron chi connectivity index (χ0n) is 4.46. The van der Waals surface area contributed by atoms with Gasteiger partial charge in [-0.05, 0) is 6.92 Å². The van der Waals surface area contributed by atoms with Gasteiger partial charge in [-0.25, -0.2) is 0 Å². The highest BCUT2D eigenvalue weighted by Gasteiger charge is 1.83. The first-order valence-electron chi connectivity index (χ1n) is 2.01. The highest BCUT2D eigenvalue weighted by molar-refractivity contribution is 7.80. The van der Waals surface area contributed by atoms with E-state index in [1.54, 1.807) is 7.05 Å². The predicted octanol–water partition coefficient (Wildman–Crippen LogP) is 0.937. The molecule has 0 N–H and O–H groups in total. The van der Waals surface area contributed by atoms with Gasteiger partial charge in [-0.1, -0.05) is 0 Å². The van der Waals surface area contributed by atoms with E-state index in [-0.39, 0.29) is 5.44 Å². The first-order valence-corrected chi connectivity index (χ1v) is 2.53. The van der Waals surface area contributed by atoms with Crippen LogP contribution in [0, 0.1) is 0 Å². The summed E-state index contributed by atoms with van der Waals surface area (Å²) in [5.74, 6) is 0. The van der Waals surface area contributed by atoms with Gasteiger partial charge in [0.25, 0.3) is 0 Å². The van der Waals surface area contributed by atoms with Gasteiger partial charge in [0.05, 0.1) is 0 Å². The Morgan fingerprint density at radius 1 is 1.86 bits per heavy atom. The molecule has 42 valence electrons. The largest absolute Gasteiger partial charge is 0.470 e. The van der Waals surface area contributed by atoms with Gasteiger partial charge in [-0.2, -0.15) is 0 Å². The topological polar surface area (TPSA) is 21.6 Å². The van der Waals surface area contributed by atoms with Crippen LogP contribution >= 0.6 is 12.6 Å². The Kier molecular flexibility index (Phi) is 3.89. The third-order valence-electron chi connectivity index (χ3n) is 0.363. The average Bonchev–Trinajstić information content (AvgIpc) is 1.61. The molecule has 1 atom stereocenters. The van der Waals surface area contributed by atoms with Gasteiger partial charge in [0.15, 0.2) is 6.40 Å². The van der Waals surface area contributed by atoms with Crippen molar-refractivity contribution in [2.75, 3.05) is 7.05 Å². The molecule has 0 aromatic carbocycles. The average molecular weight is 119 g/mol. The number of rotatable bonds is 2. The highest BCUT2D eigenvalue weighted by Crippen LogP contribution is 1.89. The van der Waals surface area contributed by atoms with Crippen molar-refractivity contribution in [3.8, 4) is 0 Å². The van der Waals surface area contributed by atoms with E-state index in [2.05, 4.69) is 17.6 Å². The van der Waals surface area contributed by atoms with Gasteiger partial charge < -0.3 is 4.74 Å². The predicted molar refractivity (Wildman–Crippen MR) is 33.9 cm³/mol. The van der Waals surface area contributed by atoms with Gasteiger partial charge in [0.2, 0.25) is 0 Å². The van der Waals surface area contributed by atoms with E-state index in [4.69, 9.17) is 4.74 Å². The van der Waals surface area contributed by atoms with Gasteiger partial charge in [0, 0.05) is 7.05 Å². The number of ether oxygens (including phenoxy) is 1. The molecule has 0 aromatic rings. The van der Waals surface area contributed by atoms with Crippen molar-refractivity contribution in [2.24, 2.45) is 4.99 Å². The van der Waals surface area contributed by atoms with Crippen LogP contribution < -0.4 is 0 Å². The molecular formula is C4H9NOS. The lowest BCUT2D eigenvalue weighted by Gasteiger charge is -1.98. The van der Waals surface area contributed by atoms with E-state index in [0.29, 0.717) is 0 Å². The van der Waals surface area contributed by atoms with Crippen LogP contribution in [0.5, 0.6) is 0 Å². The van der Waals surface area contributed by atoms with Crippen LogP contribution in [0.2, 0.25) is 0 Å². The molecule has 0 heterocycles. The van der Waals surface area contributed by atoms with Crippen LogP contribution in [0.25, 0.3) is 0 Å². The molecule has 0 fully saturated rings. The smallest absolute Gasteiger partial charge is 0.170 e. The summed E-state index contributed by atoms with van der Waals surface area (Å²) in [7, 11) is 1.65. The molecule has 0 aliphatic carbocycles. The maximum Gasteiger partial charge on any atom is 0.170 e. The number of hydrogen-bond donors (Lipinski definition) is 1. The van der Waals surface area contributed by atoms with Crippen molar-refractivity contribution in [3.63, 3.8) is 0 Å². The zero-order valence-corrected chi connectivity index (χ0v) is 5.35. The van der Waals surface area contributed by atoms with Gasteiger partial charge in [0.1, 0.15) is 5.44 Å². The summed E-state index contributed by atoms with van der Waals surface area (Å²) >= 11 is 3.92. The van der Waals surface area contributed by atoms with Crippen LogP contribution in [-0.4, -0.2) is 18.9 Å². The molecule has 0 aromatic heterocycles. The molecule has 0 aliphatic heterocycles. The molecule has 0 saturated heterocycles. The summed E-state index contributed by atoms with van der Waals surface area (Å²) in [6.45, 7) is 1.82. The Labute approximate surface area is 49.0 Å². The second-order valence-electron chi connectivity index (χ2n) is 1.10. The van der Waals surface area contributed by atoms with E-state index >= 15 is 0 Å². The number of nitrogens with zero attached hydrogens (tertiary/aromatic N) is 1. The van der Waals surface area contributed by atoms with Gasteiger partial charge >= 0.3 is 0 Å². The standard InChI is InChI=1S/C4H9NOS/c1-4(7)6-3-5-2/h3-4,7H,1-2H3. The van der Waals surface area contributed by atoms with Crippen LogP contribution in [0.3, 0.4) is 0 Å². The van der Waals surface area contributed by atoms with E-state index in [9.17, 15) is 0 Å². The minimum absolute atomic E-state index is 0.0521. The fourth-order valence-corrected chi connectivity index (χ4v) is 0.203. The maximum atomic E-state index is 4.76. The molecule has 0 radical (unpaired) electrons. The lowest BCUT2D eigenvalue weighted by Crippen LogP contribution is -1.95. The minimum Gasteiger partial charge on any atom is -0.470 e. The lowest BCUT2D eigenvalue weighted by molar-refractivity contribution is 0.311. The Balaban J connectivity index is 2.97. The molecule has 0 saturated carbocycles. The minimum atomic E-state index is -0.0521. The summed E-state index contributed by atoms with van der Waals surface area (Å²) in [6, 6.07) is 0. The fraction of sp³-hybridized carbons (Fsp3) is 0.750. The summed E-state index contributed by atoms with van der Waals surface area (Å²) in [4.78, 5) is 3.58. The second kappa shape index (κ2) is 3.99. The first-order chi connectivity index (χ1) is 3.27. The monoisotopic (exact) mass is 119 g/mol. The molecule has 3 heteroatoms. The molecule has 2 nitrogen and oxygen atoms in total.